The van der Waals surface area contributed by atoms with Crippen molar-refractivity contribution in [1.29, 1.82) is 0 Å². The summed E-state index contributed by atoms with van der Waals surface area (Å²) < 4.78 is 12.8. The van der Waals surface area contributed by atoms with Crippen molar-refractivity contribution in [1.82, 2.24) is 0 Å². The van der Waals surface area contributed by atoms with Crippen LogP contribution in [0.15, 0.2) is 114 Å². The number of para-hydroxylation sites is 1. The zero-order chi connectivity index (χ0) is 31.9. The minimum absolute atomic E-state index is 0.140. The molecule has 0 fully saturated rings. The molecule has 4 aromatic rings. The first-order valence-electron chi connectivity index (χ1n) is 15.0. The lowest BCUT2D eigenvalue weighted by molar-refractivity contribution is -0.378. The number of allylic oxidation sites excluding steroid dienone is 1. The van der Waals surface area contributed by atoms with Crippen LogP contribution in [0.4, 0.5) is 11.4 Å². The molecular weight excluding hydrogens is 560 g/mol. The highest BCUT2D eigenvalue weighted by Crippen LogP contribution is 2.50. The Hall–Kier alpha value is -5.23. The molecule has 226 valence electrons. The molecular formula is C39H37N2O4+. The van der Waals surface area contributed by atoms with Gasteiger partial charge in [-0.15, -0.1) is 4.58 Å². The molecule has 0 N–H and O–H groups in total. The van der Waals surface area contributed by atoms with Crippen molar-refractivity contribution in [3.63, 3.8) is 0 Å². The van der Waals surface area contributed by atoms with Gasteiger partial charge in [0.2, 0.25) is 5.69 Å². The Morgan fingerprint density at radius 2 is 1.29 bits per heavy atom. The number of esters is 2. The SMILES string of the molecule is COC(=O)/C(=C(/C(=O)OC)[N+]1=C(/C=C/c2ccc(N(C)C)cc2)C(C)(C)c2ccccc21)C1c2ccccc2-c2ccccc21. The second-order valence-corrected chi connectivity index (χ2v) is 12.0. The largest absolute Gasteiger partial charge is 0.465 e. The van der Waals surface area contributed by atoms with Crippen LogP contribution in [0, 0.1) is 0 Å². The molecule has 0 amide bonds. The molecule has 45 heavy (non-hydrogen) atoms. The first-order valence-corrected chi connectivity index (χ1v) is 15.0. The van der Waals surface area contributed by atoms with E-state index in [4.69, 9.17) is 9.47 Å². The molecule has 1 aliphatic heterocycles. The predicted molar refractivity (Wildman–Crippen MR) is 179 cm³/mol. The molecule has 0 aromatic heterocycles. The Bertz CT molecular complexity index is 1870. The summed E-state index contributed by atoms with van der Waals surface area (Å²) in [6.07, 6.45) is 4.08. The number of hydrogen-bond acceptors (Lipinski definition) is 5. The van der Waals surface area contributed by atoms with Crippen LogP contribution in [0.3, 0.4) is 0 Å². The van der Waals surface area contributed by atoms with Crippen LogP contribution in [0.25, 0.3) is 17.2 Å². The van der Waals surface area contributed by atoms with E-state index in [2.05, 4.69) is 61.2 Å². The maximum Gasteiger partial charge on any atom is 0.404 e. The van der Waals surface area contributed by atoms with E-state index in [0.29, 0.717) is 0 Å². The van der Waals surface area contributed by atoms with Crippen LogP contribution in [0.5, 0.6) is 0 Å². The molecule has 6 heteroatoms. The topological polar surface area (TPSA) is 58.9 Å². The summed E-state index contributed by atoms with van der Waals surface area (Å²) in [4.78, 5) is 30.2. The van der Waals surface area contributed by atoms with Crippen LogP contribution >= 0.6 is 0 Å². The van der Waals surface area contributed by atoms with Crippen LogP contribution in [-0.4, -0.2) is 50.5 Å². The molecule has 6 rings (SSSR count). The minimum Gasteiger partial charge on any atom is -0.465 e. The summed E-state index contributed by atoms with van der Waals surface area (Å²) in [6, 6.07) is 32.3. The molecule has 0 saturated heterocycles. The van der Waals surface area contributed by atoms with E-state index in [9.17, 15) is 9.59 Å². The van der Waals surface area contributed by atoms with Gasteiger partial charge in [0.15, 0.2) is 5.71 Å². The Labute approximate surface area is 264 Å². The van der Waals surface area contributed by atoms with E-state index in [1.807, 2.05) is 85.4 Å². The first kappa shape index (κ1) is 29.8. The number of carbonyl (C=O) groups excluding carboxylic acids is 2. The van der Waals surface area contributed by atoms with Crippen molar-refractivity contribution < 1.29 is 23.6 Å². The lowest BCUT2D eigenvalue weighted by Crippen LogP contribution is -2.31. The van der Waals surface area contributed by atoms with Gasteiger partial charge in [-0.3, -0.25) is 0 Å². The highest BCUT2D eigenvalue weighted by atomic mass is 16.5. The second-order valence-electron chi connectivity index (χ2n) is 12.0. The lowest BCUT2D eigenvalue weighted by Gasteiger charge is -2.18. The Kier molecular flexibility index (Phi) is 7.75. The normalized spacial score (nSPS) is 15.3. The Morgan fingerprint density at radius 1 is 0.733 bits per heavy atom. The summed E-state index contributed by atoms with van der Waals surface area (Å²) >= 11 is 0. The fourth-order valence-corrected chi connectivity index (χ4v) is 6.67. The van der Waals surface area contributed by atoms with Gasteiger partial charge < -0.3 is 14.4 Å². The molecule has 0 radical (unpaired) electrons. The van der Waals surface area contributed by atoms with Gasteiger partial charge in [-0.05, 0) is 59.9 Å². The van der Waals surface area contributed by atoms with Crippen molar-refractivity contribution in [2.45, 2.75) is 25.2 Å². The van der Waals surface area contributed by atoms with E-state index in [1.54, 1.807) is 0 Å². The van der Waals surface area contributed by atoms with Gasteiger partial charge >= 0.3 is 17.6 Å². The minimum atomic E-state index is -0.619. The van der Waals surface area contributed by atoms with Crippen molar-refractivity contribution >= 4 is 35.1 Å². The number of benzene rings is 4. The number of carbonyl (C=O) groups is 2. The number of ether oxygens (including phenoxy) is 2. The summed E-state index contributed by atoms with van der Waals surface area (Å²) in [5, 5.41) is 0. The molecule has 2 aliphatic rings. The molecule has 4 aromatic carbocycles. The molecule has 0 saturated carbocycles. The van der Waals surface area contributed by atoms with Gasteiger partial charge in [0.25, 0.3) is 0 Å². The predicted octanol–water partition coefficient (Wildman–Crippen LogP) is 7.25. The number of hydrogen-bond donors (Lipinski definition) is 0. The van der Waals surface area contributed by atoms with Crippen molar-refractivity contribution in [3.8, 4) is 11.1 Å². The van der Waals surface area contributed by atoms with Crippen LogP contribution in [0.1, 0.15) is 42.0 Å². The Morgan fingerprint density at radius 3 is 1.87 bits per heavy atom. The summed E-state index contributed by atoms with van der Waals surface area (Å²) in [6.45, 7) is 4.26. The molecule has 6 nitrogen and oxygen atoms in total. The molecule has 1 heterocycles. The van der Waals surface area contributed by atoms with E-state index in [0.717, 1.165) is 50.5 Å². The zero-order valence-corrected chi connectivity index (χ0v) is 26.5. The maximum absolute atomic E-state index is 14.1. The lowest BCUT2D eigenvalue weighted by atomic mass is 9.81. The van der Waals surface area contributed by atoms with E-state index >= 15 is 0 Å². The van der Waals surface area contributed by atoms with E-state index < -0.39 is 23.3 Å². The van der Waals surface area contributed by atoms with Gasteiger partial charge in [0, 0.05) is 43.4 Å². The number of fused-ring (bicyclic) bond motifs is 4. The van der Waals surface area contributed by atoms with Crippen molar-refractivity contribution in [2.75, 3.05) is 33.2 Å². The fraction of sp³-hybridized carbons (Fsp3) is 0.205. The zero-order valence-electron chi connectivity index (χ0n) is 26.5. The summed E-state index contributed by atoms with van der Waals surface area (Å²) in [7, 11) is 6.73. The number of rotatable bonds is 7. The highest BCUT2D eigenvalue weighted by molar-refractivity contribution is 6.09. The van der Waals surface area contributed by atoms with Crippen molar-refractivity contribution in [3.05, 3.63) is 137 Å². The molecule has 0 spiro atoms. The molecule has 1 aliphatic carbocycles. The van der Waals surface area contributed by atoms with Gasteiger partial charge in [-0.25, -0.2) is 9.59 Å². The first-order chi connectivity index (χ1) is 21.7. The van der Waals surface area contributed by atoms with Gasteiger partial charge in [0.1, 0.15) is 5.57 Å². The third kappa shape index (κ3) is 4.96. The fourth-order valence-electron chi connectivity index (χ4n) is 6.67. The average molecular weight is 598 g/mol. The second kappa shape index (κ2) is 11.7. The van der Waals surface area contributed by atoms with E-state index in [1.165, 1.54) is 14.2 Å². The summed E-state index contributed by atoms with van der Waals surface area (Å²) in [5.41, 5.74) is 8.57. The summed E-state index contributed by atoms with van der Waals surface area (Å²) in [5.74, 6) is -1.75. The number of nitrogens with zero attached hydrogens (tertiary/aromatic N) is 2. The highest BCUT2D eigenvalue weighted by Gasteiger charge is 2.51. The van der Waals surface area contributed by atoms with Gasteiger partial charge in [0.05, 0.1) is 19.6 Å². The quantitative estimate of drug-likeness (QED) is 0.128. The number of anilines is 1. The maximum atomic E-state index is 14.1. The third-order valence-electron chi connectivity index (χ3n) is 8.93. The smallest absolute Gasteiger partial charge is 0.404 e. The van der Waals surface area contributed by atoms with Gasteiger partial charge in [-0.1, -0.05) is 78.9 Å². The van der Waals surface area contributed by atoms with Crippen LogP contribution in [-0.2, 0) is 24.5 Å². The molecule has 0 atom stereocenters. The standard InChI is InChI=1S/C39H37N2O4/c1-39(2)31-17-11-12-18-32(31)41(33(39)24-21-25-19-22-26(23-20-25)40(3)4)36(38(43)45-6)35(37(42)44-5)34-29-15-9-7-13-27(29)28-14-8-10-16-30(28)34/h7-24,34H,1-6H3/q+1/b36-35-. The Balaban J connectivity index is 1.68. The van der Waals surface area contributed by atoms with Crippen molar-refractivity contribution in [2.24, 2.45) is 0 Å². The van der Waals surface area contributed by atoms with Crippen LogP contribution in [0.2, 0.25) is 0 Å². The third-order valence-corrected chi connectivity index (χ3v) is 8.93. The molecule has 0 unspecified atom stereocenters. The molecule has 0 bridgehead atoms. The average Bonchev–Trinajstić information content (AvgIpc) is 3.50. The monoisotopic (exact) mass is 597 g/mol. The van der Waals surface area contributed by atoms with Gasteiger partial charge in [-0.2, -0.15) is 0 Å². The van der Waals surface area contributed by atoms with Crippen LogP contribution < -0.4 is 4.90 Å². The number of methoxy groups -OCH3 is 2. The van der Waals surface area contributed by atoms with E-state index in [-0.39, 0.29) is 11.3 Å².